The van der Waals surface area contributed by atoms with Gasteiger partial charge in [-0.15, -0.1) is 0 Å². The fraction of sp³-hybridized carbons (Fsp3) is 0.875. The predicted molar refractivity (Wildman–Crippen MR) is 80.6 cm³/mol. The molecule has 1 saturated heterocycles. The number of aliphatic hydroxyl groups is 1. The van der Waals surface area contributed by atoms with Crippen molar-refractivity contribution in [1.82, 2.24) is 4.90 Å². The van der Waals surface area contributed by atoms with E-state index in [4.69, 9.17) is 4.74 Å². The van der Waals surface area contributed by atoms with E-state index in [9.17, 15) is 14.7 Å². The number of hydrogen-bond acceptors (Lipinski definition) is 4. The Kier molecular flexibility index (Phi) is 5.79. The van der Waals surface area contributed by atoms with E-state index in [1.807, 2.05) is 20.8 Å². The molecule has 5 nitrogen and oxygen atoms in total. The molecule has 2 atom stereocenters. The zero-order valence-electron chi connectivity index (χ0n) is 13.9. The Morgan fingerprint density at radius 2 is 1.90 bits per heavy atom. The van der Waals surface area contributed by atoms with Crippen molar-refractivity contribution in [1.29, 1.82) is 0 Å². The molecule has 0 aromatic heterocycles. The summed E-state index contributed by atoms with van der Waals surface area (Å²) in [6.45, 7) is 10.5. The minimum atomic E-state index is -0.791. The second-order valence-electron chi connectivity index (χ2n) is 7.23. The van der Waals surface area contributed by atoms with Gasteiger partial charge in [-0.05, 0) is 38.5 Å². The molecule has 1 rings (SSSR count). The number of carbonyl (C=O) groups is 2. The van der Waals surface area contributed by atoms with Gasteiger partial charge in [0.05, 0.1) is 12.2 Å². The Bertz CT molecular complexity index is 384. The van der Waals surface area contributed by atoms with Gasteiger partial charge in [0.1, 0.15) is 5.92 Å². The molecule has 1 aliphatic rings. The Labute approximate surface area is 127 Å². The Hall–Kier alpha value is -1.10. The van der Waals surface area contributed by atoms with Gasteiger partial charge in [0.25, 0.3) is 0 Å². The molecule has 21 heavy (non-hydrogen) atoms. The van der Waals surface area contributed by atoms with E-state index in [1.54, 1.807) is 18.7 Å². The third-order valence-corrected chi connectivity index (χ3v) is 4.01. The highest BCUT2D eigenvalue weighted by atomic mass is 16.5. The van der Waals surface area contributed by atoms with Crippen LogP contribution in [0.2, 0.25) is 0 Å². The van der Waals surface area contributed by atoms with E-state index < -0.39 is 22.9 Å². The van der Waals surface area contributed by atoms with Crippen LogP contribution in [0.1, 0.15) is 53.9 Å². The van der Waals surface area contributed by atoms with Crippen molar-refractivity contribution >= 4 is 11.9 Å². The molecule has 0 radical (unpaired) electrons. The minimum absolute atomic E-state index is 0.182. The average molecular weight is 299 g/mol. The average Bonchev–Trinajstić information content (AvgIpc) is 2.48. The van der Waals surface area contributed by atoms with Gasteiger partial charge in [-0.2, -0.15) is 0 Å². The summed E-state index contributed by atoms with van der Waals surface area (Å²) in [6.07, 6.45) is 1.97. The molecule has 0 bridgehead atoms. The van der Waals surface area contributed by atoms with E-state index in [2.05, 4.69) is 0 Å². The van der Waals surface area contributed by atoms with Crippen LogP contribution in [0, 0.1) is 11.3 Å². The Morgan fingerprint density at radius 3 is 2.43 bits per heavy atom. The first-order chi connectivity index (χ1) is 9.58. The normalized spacial score (nSPS) is 25.1. The molecule has 0 spiro atoms. The van der Waals surface area contributed by atoms with Gasteiger partial charge in [0, 0.05) is 13.1 Å². The van der Waals surface area contributed by atoms with Crippen molar-refractivity contribution in [3.63, 3.8) is 0 Å². The number of carbonyl (C=O) groups excluding carboxylic acids is 2. The zero-order valence-corrected chi connectivity index (χ0v) is 13.9. The third-order valence-electron chi connectivity index (χ3n) is 4.01. The van der Waals surface area contributed by atoms with Crippen molar-refractivity contribution in [2.24, 2.45) is 11.3 Å². The highest BCUT2D eigenvalue weighted by Crippen LogP contribution is 2.30. The maximum atomic E-state index is 12.8. The van der Waals surface area contributed by atoms with Crippen LogP contribution in [0.25, 0.3) is 0 Å². The first kappa shape index (κ1) is 18.0. The van der Waals surface area contributed by atoms with E-state index in [1.165, 1.54) is 0 Å². The summed E-state index contributed by atoms with van der Waals surface area (Å²) in [5.74, 6) is -1.43. The molecule has 1 aliphatic heterocycles. The Balaban J connectivity index is 2.88. The van der Waals surface area contributed by atoms with Crippen LogP contribution in [-0.4, -0.2) is 47.2 Å². The van der Waals surface area contributed by atoms with Crippen molar-refractivity contribution in [3.8, 4) is 0 Å². The summed E-state index contributed by atoms with van der Waals surface area (Å²) >= 11 is 0. The van der Waals surface area contributed by atoms with Gasteiger partial charge in [0.2, 0.25) is 5.91 Å². The maximum absolute atomic E-state index is 12.8. The second kappa shape index (κ2) is 6.77. The molecule has 5 heteroatoms. The predicted octanol–water partition coefficient (Wildman–Crippen LogP) is 1.98. The van der Waals surface area contributed by atoms with Crippen molar-refractivity contribution < 1.29 is 19.4 Å². The van der Waals surface area contributed by atoms with Crippen molar-refractivity contribution in [3.05, 3.63) is 0 Å². The quantitative estimate of drug-likeness (QED) is 0.639. The van der Waals surface area contributed by atoms with E-state index in [0.29, 0.717) is 25.9 Å². The lowest BCUT2D eigenvalue weighted by atomic mass is 9.79. The lowest BCUT2D eigenvalue weighted by molar-refractivity contribution is -0.160. The number of nitrogens with zero attached hydrogens (tertiary/aromatic N) is 1. The zero-order chi connectivity index (χ0) is 16.3. The largest absolute Gasteiger partial charge is 0.465 e. The standard InChI is InChI=1S/C16H29NO4/c1-6-21-14(19)12(15(2,3)4)13(18)17-10-7-8-16(5,20)9-11-17/h12,20H,6-11H2,1-5H3. The van der Waals surface area contributed by atoms with Crippen LogP contribution in [0.5, 0.6) is 0 Å². The molecule has 1 N–H and O–H groups in total. The van der Waals surface area contributed by atoms with Gasteiger partial charge in [-0.25, -0.2) is 0 Å². The molecule has 1 heterocycles. The van der Waals surface area contributed by atoms with E-state index in [0.717, 1.165) is 6.42 Å². The molecule has 1 amide bonds. The number of ether oxygens (including phenoxy) is 1. The number of esters is 1. The molecular weight excluding hydrogens is 270 g/mol. The number of rotatable bonds is 3. The smallest absolute Gasteiger partial charge is 0.319 e. The summed E-state index contributed by atoms with van der Waals surface area (Å²) in [5.41, 5.74) is -1.21. The molecule has 0 saturated carbocycles. The third kappa shape index (κ3) is 4.99. The molecule has 1 fully saturated rings. The van der Waals surface area contributed by atoms with Gasteiger partial charge in [-0.1, -0.05) is 20.8 Å². The van der Waals surface area contributed by atoms with Crippen LogP contribution in [0.15, 0.2) is 0 Å². The van der Waals surface area contributed by atoms with Crippen LogP contribution < -0.4 is 0 Å². The maximum Gasteiger partial charge on any atom is 0.319 e. The monoisotopic (exact) mass is 299 g/mol. The van der Waals surface area contributed by atoms with Gasteiger partial charge < -0.3 is 14.7 Å². The second-order valence-corrected chi connectivity index (χ2v) is 7.23. The molecule has 0 aromatic carbocycles. The van der Waals surface area contributed by atoms with Gasteiger partial charge >= 0.3 is 5.97 Å². The topological polar surface area (TPSA) is 66.8 Å². The van der Waals surface area contributed by atoms with Gasteiger partial charge in [0.15, 0.2) is 0 Å². The van der Waals surface area contributed by atoms with E-state index >= 15 is 0 Å². The van der Waals surface area contributed by atoms with Gasteiger partial charge in [-0.3, -0.25) is 9.59 Å². The fourth-order valence-electron chi connectivity index (χ4n) is 2.72. The molecule has 0 aliphatic carbocycles. The highest BCUT2D eigenvalue weighted by molar-refractivity contribution is 5.98. The summed E-state index contributed by atoms with van der Waals surface area (Å²) in [7, 11) is 0. The summed E-state index contributed by atoms with van der Waals surface area (Å²) in [5, 5.41) is 10.1. The van der Waals surface area contributed by atoms with Crippen molar-refractivity contribution in [2.75, 3.05) is 19.7 Å². The Morgan fingerprint density at radius 1 is 1.29 bits per heavy atom. The minimum Gasteiger partial charge on any atom is -0.465 e. The lowest BCUT2D eigenvalue weighted by Gasteiger charge is -2.32. The number of amides is 1. The first-order valence-corrected chi connectivity index (χ1v) is 7.76. The molecule has 0 aromatic rings. The summed E-state index contributed by atoms with van der Waals surface area (Å²) in [6, 6.07) is 0. The van der Waals surface area contributed by atoms with E-state index in [-0.39, 0.29) is 12.5 Å². The summed E-state index contributed by atoms with van der Waals surface area (Å²) in [4.78, 5) is 26.6. The molecular formula is C16H29NO4. The van der Waals surface area contributed by atoms with Crippen molar-refractivity contribution in [2.45, 2.75) is 59.5 Å². The van der Waals surface area contributed by atoms with Crippen LogP contribution >= 0.6 is 0 Å². The van der Waals surface area contributed by atoms with Crippen LogP contribution in [0.3, 0.4) is 0 Å². The number of likely N-dealkylation sites (tertiary alicyclic amines) is 1. The molecule has 2 unspecified atom stereocenters. The fourth-order valence-corrected chi connectivity index (χ4v) is 2.72. The highest BCUT2D eigenvalue weighted by Gasteiger charge is 2.42. The first-order valence-electron chi connectivity index (χ1n) is 7.76. The van der Waals surface area contributed by atoms with Crippen LogP contribution in [0.4, 0.5) is 0 Å². The lowest BCUT2D eigenvalue weighted by Crippen LogP contribution is -2.46. The summed E-state index contributed by atoms with van der Waals surface area (Å²) < 4.78 is 5.08. The van der Waals surface area contributed by atoms with Crippen LogP contribution in [-0.2, 0) is 14.3 Å². The molecule has 122 valence electrons. The SMILES string of the molecule is CCOC(=O)C(C(=O)N1CCCC(C)(O)CC1)C(C)(C)C. The number of hydrogen-bond donors (Lipinski definition) is 1.